The van der Waals surface area contributed by atoms with Crippen molar-refractivity contribution in [2.75, 3.05) is 12.5 Å². The average Bonchev–Trinajstić information content (AvgIpc) is 2.89. The first-order valence-electron chi connectivity index (χ1n) is 4.89. The van der Waals surface area contributed by atoms with Gasteiger partial charge in [0, 0.05) is 29.7 Å². The summed E-state index contributed by atoms with van der Waals surface area (Å²) in [5, 5.41) is 0.742. The molecule has 0 saturated carbocycles. The van der Waals surface area contributed by atoms with Crippen LogP contribution in [0.15, 0.2) is 29.2 Å². The van der Waals surface area contributed by atoms with Crippen LogP contribution in [0, 0.1) is 0 Å². The Labute approximate surface area is 97.9 Å². The standard InChI is InChI=1S/C10H14N4OS/c1-14(5-8-2-3-15-7-8)6-9-4-12-10(13-11)16-9/h2-4,7H,5-6,11H2,1H3,(H,12,13). The summed E-state index contributed by atoms with van der Waals surface area (Å²) in [6.07, 6.45) is 5.29. The Morgan fingerprint density at radius 3 is 3.06 bits per heavy atom. The molecule has 0 saturated heterocycles. The van der Waals surface area contributed by atoms with Crippen LogP contribution in [0.5, 0.6) is 0 Å². The van der Waals surface area contributed by atoms with Gasteiger partial charge >= 0.3 is 0 Å². The number of nitrogen functional groups attached to an aromatic ring is 1. The second-order valence-electron chi connectivity index (χ2n) is 3.58. The molecule has 0 amide bonds. The molecule has 2 heterocycles. The SMILES string of the molecule is CN(Cc1ccoc1)Cc1cnc(NN)s1. The van der Waals surface area contributed by atoms with Gasteiger partial charge in [-0.1, -0.05) is 11.3 Å². The third-order valence-electron chi connectivity index (χ3n) is 2.14. The number of furan rings is 1. The van der Waals surface area contributed by atoms with Crippen molar-refractivity contribution in [2.24, 2.45) is 5.84 Å². The summed E-state index contributed by atoms with van der Waals surface area (Å²) in [5.74, 6) is 5.28. The molecule has 0 aliphatic rings. The van der Waals surface area contributed by atoms with Gasteiger partial charge in [-0.25, -0.2) is 10.8 Å². The van der Waals surface area contributed by atoms with Crippen LogP contribution >= 0.6 is 11.3 Å². The van der Waals surface area contributed by atoms with E-state index in [0.29, 0.717) is 0 Å². The molecule has 2 aromatic heterocycles. The van der Waals surface area contributed by atoms with E-state index in [2.05, 4.69) is 22.4 Å². The van der Waals surface area contributed by atoms with Gasteiger partial charge in [0.2, 0.25) is 0 Å². The Kier molecular flexibility index (Phi) is 3.55. The quantitative estimate of drug-likeness (QED) is 0.612. The predicted molar refractivity (Wildman–Crippen MR) is 63.8 cm³/mol. The molecule has 0 aliphatic heterocycles. The molecule has 6 heteroatoms. The molecule has 3 N–H and O–H groups in total. The van der Waals surface area contributed by atoms with Crippen LogP contribution in [-0.4, -0.2) is 16.9 Å². The maximum atomic E-state index is 5.28. The summed E-state index contributed by atoms with van der Waals surface area (Å²) in [6.45, 7) is 1.71. The molecule has 0 aliphatic carbocycles. The fourth-order valence-corrected chi connectivity index (χ4v) is 2.27. The Bertz CT molecular complexity index is 426. The van der Waals surface area contributed by atoms with E-state index in [1.807, 2.05) is 12.3 Å². The number of rotatable bonds is 5. The summed E-state index contributed by atoms with van der Waals surface area (Å²) < 4.78 is 5.02. The van der Waals surface area contributed by atoms with Crippen molar-refractivity contribution in [2.45, 2.75) is 13.1 Å². The number of aromatic nitrogens is 1. The van der Waals surface area contributed by atoms with E-state index in [-0.39, 0.29) is 0 Å². The lowest BCUT2D eigenvalue weighted by Gasteiger charge is -2.13. The number of thiazole rings is 1. The molecule has 0 radical (unpaired) electrons. The van der Waals surface area contributed by atoms with Crippen LogP contribution in [-0.2, 0) is 13.1 Å². The molecule has 0 aromatic carbocycles. The molecule has 0 unspecified atom stereocenters. The number of nitrogens with zero attached hydrogens (tertiary/aromatic N) is 2. The number of hydrogen-bond acceptors (Lipinski definition) is 6. The highest BCUT2D eigenvalue weighted by atomic mass is 32.1. The van der Waals surface area contributed by atoms with E-state index in [4.69, 9.17) is 10.3 Å². The normalized spacial score (nSPS) is 10.9. The summed E-state index contributed by atoms with van der Waals surface area (Å²) in [4.78, 5) is 7.49. The number of nitrogens with two attached hydrogens (primary N) is 1. The van der Waals surface area contributed by atoms with E-state index in [0.717, 1.165) is 18.2 Å². The molecule has 0 spiro atoms. The average molecular weight is 238 g/mol. The van der Waals surface area contributed by atoms with Crippen LogP contribution in [0.25, 0.3) is 0 Å². The zero-order chi connectivity index (χ0) is 11.4. The van der Waals surface area contributed by atoms with Crippen molar-refractivity contribution in [1.29, 1.82) is 0 Å². The molecular weight excluding hydrogens is 224 g/mol. The van der Waals surface area contributed by atoms with Crippen LogP contribution in [0.2, 0.25) is 0 Å². The van der Waals surface area contributed by atoms with E-state index >= 15 is 0 Å². The first-order chi connectivity index (χ1) is 7.78. The van der Waals surface area contributed by atoms with Crippen molar-refractivity contribution in [1.82, 2.24) is 9.88 Å². The Morgan fingerprint density at radius 2 is 2.44 bits per heavy atom. The van der Waals surface area contributed by atoms with Crippen molar-refractivity contribution in [3.63, 3.8) is 0 Å². The van der Waals surface area contributed by atoms with Crippen LogP contribution < -0.4 is 11.3 Å². The lowest BCUT2D eigenvalue weighted by atomic mass is 10.3. The molecule has 2 rings (SSSR count). The van der Waals surface area contributed by atoms with Gasteiger partial charge in [0.05, 0.1) is 12.5 Å². The fourth-order valence-electron chi connectivity index (χ4n) is 1.46. The molecule has 0 bridgehead atoms. The first-order valence-corrected chi connectivity index (χ1v) is 5.70. The highest BCUT2D eigenvalue weighted by Gasteiger charge is 2.05. The first kappa shape index (κ1) is 11.1. The van der Waals surface area contributed by atoms with Crippen LogP contribution in [0.4, 0.5) is 5.13 Å². The largest absolute Gasteiger partial charge is 0.472 e. The fraction of sp³-hybridized carbons (Fsp3) is 0.300. The summed E-state index contributed by atoms with van der Waals surface area (Å²) in [7, 11) is 2.06. The Hall–Kier alpha value is -1.37. The molecule has 5 nitrogen and oxygen atoms in total. The van der Waals surface area contributed by atoms with Crippen molar-refractivity contribution in [3.8, 4) is 0 Å². The van der Waals surface area contributed by atoms with Gasteiger partial charge in [0.1, 0.15) is 0 Å². The summed E-state index contributed by atoms with van der Waals surface area (Å²) >= 11 is 1.56. The van der Waals surface area contributed by atoms with Crippen molar-refractivity contribution < 1.29 is 4.42 Å². The zero-order valence-electron chi connectivity index (χ0n) is 9.01. The Balaban J connectivity index is 1.89. The smallest absolute Gasteiger partial charge is 0.197 e. The van der Waals surface area contributed by atoms with Crippen molar-refractivity contribution in [3.05, 3.63) is 35.2 Å². The minimum atomic E-state index is 0.742. The molecule has 86 valence electrons. The van der Waals surface area contributed by atoms with Gasteiger partial charge < -0.3 is 4.42 Å². The Morgan fingerprint density at radius 1 is 1.56 bits per heavy atom. The molecular formula is C10H14N4OS. The summed E-state index contributed by atoms with van der Waals surface area (Å²) in [5.41, 5.74) is 3.71. The maximum Gasteiger partial charge on any atom is 0.197 e. The van der Waals surface area contributed by atoms with Gasteiger partial charge in [0.25, 0.3) is 0 Å². The minimum Gasteiger partial charge on any atom is -0.472 e. The number of nitrogens with one attached hydrogen (secondary N) is 1. The van der Waals surface area contributed by atoms with Crippen LogP contribution in [0.3, 0.4) is 0 Å². The van der Waals surface area contributed by atoms with E-state index in [9.17, 15) is 0 Å². The van der Waals surface area contributed by atoms with E-state index in [1.165, 1.54) is 10.4 Å². The van der Waals surface area contributed by atoms with E-state index < -0.39 is 0 Å². The zero-order valence-corrected chi connectivity index (χ0v) is 9.83. The molecule has 0 atom stereocenters. The molecule has 2 aromatic rings. The third kappa shape index (κ3) is 2.82. The minimum absolute atomic E-state index is 0.742. The number of anilines is 1. The van der Waals surface area contributed by atoms with Crippen LogP contribution in [0.1, 0.15) is 10.4 Å². The highest BCUT2D eigenvalue weighted by molar-refractivity contribution is 7.15. The van der Waals surface area contributed by atoms with Crippen molar-refractivity contribution >= 4 is 16.5 Å². The van der Waals surface area contributed by atoms with Gasteiger partial charge in [-0.05, 0) is 13.1 Å². The predicted octanol–water partition coefficient (Wildman–Crippen LogP) is 1.65. The van der Waals surface area contributed by atoms with Gasteiger partial charge in [-0.3, -0.25) is 10.3 Å². The second-order valence-corrected chi connectivity index (χ2v) is 4.70. The number of hydrogen-bond donors (Lipinski definition) is 2. The monoisotopic (exact) mass is 238 g/mol. The molecule has 16 heavy (non-hydrogen) atoms. The van der Waals surface area contributed by atoms with Gasteiger partial charge in [-0.15, -0.1) is 0 Å². The lowest BCUT2D eigenvalue weighted by molar-refractivity contribution is 0.320. The topological polar surface area (TPSA) is 67.3 Å². The van der Waals surface area contributed by atoms with E-state index in [1.54, 1.807) is 23.9 Å². The molecule has 0 fully saturated rings. The lowest BCUT2D eigenvalue weighted by Crippen LogP contribution is -2.16. The van der Waals surface area contributed by atoms with Gasteiger partial charge in [-0.2, -0.15) is 0 Å². The van der Waals surface area contributed by atoms with Gasteiger partial charge in [0.15, 0.2) is 5.13 Å². The summed E-state index contributed by atoms with van der Waals surface area (Å²) in [6, 6.07) is 1.97. The highest BCUT2D eigenvalue weighted by Crippen LogP contribution is 2.18. The third-order valence-corrected chi connectivity index (χ3v) is 3.05. The maximum absolute atomic E-state index is 5.28. The second kappa shape index (κ2) is 5.11. The number of hydrazine groups is 1.